The van der Waals surface area contributed by atoms with E-state index in [1.165, 1.54) is 5.39 Å². The quantitative estimate of drug-likeness (QED) is 0.634. The van der Waals surface area contributed by atoms with E-state index in [4.69, 9.17) is 0 Å². The van der Waals surface area contributed by atoms with Gasteiger partial charge in [0.2, 0.25) is 5.95 Å². The summed E-state index contributed by atoms with van der Waals surface area (Å²) in [5.74, 6) is 2.53. The van der Waals surface area contributed by atoms with E-state index in [2.05, 4.69) is 47.5 Å². The van der Waals surface area contributed by atoms with E-state index in [9.17, 15) is 0 Å². The second-order valence-corrected chi connectivity index (χ2v) is 6.53. The highest BCUT2D eigenvalue weighted by Crippen LogP contribution is 2.30. The number of thioether (sulfide) groups is 1. The van der Waals surface area contributed by atoms with Crippen LogP contribution in [0.5, 0.6) is 0 Å². The molecule has 3 nitrogen and oxygen atoms in total. The van der Waals surface area contributed by atoms with Crippen LogP contribution in [0.4, 0.5) is 5.95 Å². The minimum atomic E-state index is 0.672. The summed E-state index contributed by atoms with van der Waals surface area (Å²) in [5, 5.41) is 7.65. The minimum Gasteiger partial charge on any atom is -0.354 e. The van der Waals surface area contributed by atoms with Gasteiger partial charge in [0.05, 0.1) is 0 Å². The summed E-state index contributed by atoms with van der Waals surface area (Å²) in [6.45, 7) is 7.53. The molecule has 1 N–H and O–H groups in total. The van der Waals surface area contributed by atoms with Crippen molar-refractivity contribution in [3.63, 3.8) is 0 Å². The predicted octanol–water partition coefficient (Wildman–Crippen LogP) is 4.26. The van der Waals surface area contributed by atoms with Crippen molar-refractivity contribution in [1.29, 1.82) is 0 Å². The maximum Gasteiger partial charge on any atom is 0.225 e. The number of fused-ring (bicyclic) bond motifs is 1. The van der Waals surface area contributed by atoms with Crippen molar-refractivity contribution in [2.75, 3.05) is 17.6 Å². The van der Waals surface area contributed by atoms with E-state index in [-0.39, 0.29) is 0 Å². The standard InChI is InChI=1S/C13H19N3S2/c1-4-6-14-13-15-11-10(5-7-17-11)12(16-13)18-8-9(2)3/h5,7,9H,4,6,8H2,1-3H3,(H,14,15,16). The number of nitrogens with zero attached hydrogens (tertiary/aromatic N) is 2. The van der Waals surface area contributed by atoms with Gasteiger partial charge in [-0.2, -0.15) is 0 Å². The predicted molar refractivity (Wildman–Crippen MR) is 81.8 cm³/mol. The lowest BCUT2D eigenvalue weighted by Gasteiger charge is -2.08. The molecule has 2 rings (SSSR count). The normalized spacial score (nSPS) is 11.3. The summed E-state index contributed by atoms with van der Waals surface area (Å²) in [6.07, 6.45) is 1.08. The zero-order valence-electron chi connectivity index (χ0n) is 11.1. The third kappa shape index (κ3) is 3.36. The maximum atomic E-state index is 4.63. The first-order valence-electron chi connectivity index (χ1n) is 6.32. The van der Waals surface area contributed by atoms with Crippen molar-refractivity contribution in [1.82, 2.24) is 9.97 Å². The topological polar surface area (TPSA) is 37.8 Å². The first-order chi connectivity index (χ1) is 8.70. The Morgan fingerprint density at radius 1 is 1.39 bits per heavy atom. The lowest BCUT2D eigenvalue weighted by Crippen LogP contribution is -2.05. The molecule has 0 aliphatic heterocycles. The van der Waals surface area contributed by atoms with Crippen LogP contribution >= 0.6 is 23.1 Å². The van der Waals surface area contributed by atoms with Crippen LogP contribution < -0.4 is 5.32 Å². The highest BCUT2D eigenvalue weighted by molar-refractivity contribution is 7.99. The molecule has 0 aliphatic carbocycles. The third-order valence-corrected chi connectivity index (χ3v) is 4.60. The summed E-state index contributed by atoms with van der Waals surface area (Å²) in [7, 11) is 0. The van der Waals surface area contributed by atoms with Gasteiger partial charge in [0, 0.05) is 17.7 Å². The zero-order chi connectivity index (χ0) is 13.0. The number of hydrogen-bond donors (Lipinski definition) is 1. The SMILES string of the molecule is CCCNc1nc(SCC(C)C)c2ccsc2n1. The van der Waals surface area contributed by atoms with Crippen LogP contribution in [-0.2, 0) is 0 Å². The Labute approximate surface area is 116 Å². The molecule has 5 heteroatoms. The Morgan fingerprint density at radius 3 is 2.94 bits per heavy atom. The molecule has 0 spiro atoms. The van der Waals surface area contributed by atoms with E-state index < -0.39 is 0 Å². The van der Waals surface area contributed by atoms with Crippen molar-refractivity contribution < 1.29 is 0 Å². The van der Waals surface area contributed by atoms with Gasteiger partial charge < -0.3 is 5.32 Å². The van der Waals surface area contributed by atoms with Crippen LogP contribution in [0.25, 0.3) is 10.2 Å². The largest absolute Gasteiger partial charge is 0.354 e. The van der Waals surface area contributed by atoms with E-state index in [1.807, 2.05) is 11.8 Å². The molecule has 0 aliphatic rings. The molecule has 0 amide bonds. The molecule has 0 unspecified atom stereocenters. The molecule has 0 aromatic carbocycles. The average molecular weight is 281 g/mol. The molecule has 98 valence electrons. The first-order valence-corrected chi connectivity index (χ1v) is 8.19. The monoisotopic (exact) mass is 281 g/mol. The van der Waals surface area contributed by atoms with Gasteiger partial charge in [-0.15, -0.1) is 23.1 Å². The summed E-state index contributed by atoms with van der Waals surface area (Å²) in [6, 6.07) is 2.12. The fourth-order valence-corrected chi connectivity index (χ4v) is 3.29. The van der Waals surface area contributed by atoms with E-state index in [0.29, 0.717) is 5.92 Å². The highest BCUT2D eigenvalue weighted by atomic mass is 32.2. The zero-order valence-corrected chi connectivity index (χ0v) is 12.7. The Hall–Kier alpha value is -0.810. The Morgan fingerprint density at radius 2 is 2.22 bits per heavy atom. The Kier molecular flexibility index (Phi) is 4.83. The number of hydrogen-bond acceptors (Lipinski definition) is 5. The van der Waals surface area contributed by atoms with Crippen LogP contribution in [0.3, 0.4) is 0 Å². The fraction of sp³-hybridized carbons (Fsp3) is 0.538. The van der Waals surface area contributed by atoms with Gasteiger partial charge >= 0.3 is 0 Å². The van der Waals surface area contributed by atoms with Crippen molar-refractivity contribution in [2.45, 2.75) is 32.2 Å². The maximum absolute atomic E-state index is 4.63. The molecular formula is C13H19N3S2. The number of nitrogens with one attached hydrogen (secondary N) is 1. The lowest BCUT2D eigenvalue weighted by molar-refractivity contribution is 0.749. The summed E-state index contributed by atoms with van der Waals surface area (Å²) in [4.78, 5) is 10.3. The molecular weight excluding hydrogens is 262 g/mol. The van der Waals surface area contributed by atoms with Gasteiger partial charge in [0.15, 0.2) is 0 Å². The molecule has 18 heavy (non-hydrogen) atoms. The summed E-state index contributed by atoms with van der Waals surface area (Å²) >= 11 is 3.50. The molecule has 0 atom stereocenters. The van der Waals surface area contributed by atoms with E-state index >= 15 is 0 Å². The average Bonchev–Trinajstić information content (AvgIpc) is 2.81. The fourth-order valence-electron chi connectivity index (χ4n) is 1.50. The smallest absolute Gasteiger partial charge is 0.225 e. The third-order valence-electron chi connectivity index (χ3n) is 2.38. The van der Waals surface area contributed by atoms with Crippen molar-refractivity contribution in [3.05, 3.63) is 11.4 Å². The second kappa shape index (κ2) is 6.38. The molecule has 0 bridgehead atoms. The van der Waals surface area contributed by atoms with Gasteiger partial charge in [-0.25, -0.2) is 9.97 Å². The van der Waals surface area contributed by atoms with Gasteiger partial charge in [-0.05, 0) is 23.8 Å². The van der Waals surface area contributed by atoms with Gasteiger partial charge in [-0.3, -0.25) is 0 Å². The molecule has 2 aromatic heterocycles. The molecule has 0 saturated carbocycles. The molecule has 0 radical (unpaired) electrons. The molecule has 0 fully saturated rings. The van der Waals surface area contributed by atoms with E-state index in [0.717, 1.165) is 34.5 Å². The first kappa shape index (κ1) is 13.6. The van der Waals surface area contributed by atoms with Gasteiger partial charge in [0.25, 0.3) is 0 Å². The molecule has 2 heterocycles. The van der Waals surface area contributed by atoms with E-state index in [1.54, 1.807) is 11.3 Å². The minimum absolute atomic E-state index is 0.672. The number of anilines is 1. The summed E-state index contributed by atoms with van der Waals surface area (Å²) < 4.78 is 0. The highest BCUT2D eigenvalue weighted by Gasteiger charge is 2.09. The van der Waals surface area contributed by atoms with Crippen LogP contribution in [0.2, 0.25) is 0 Å². The van der Waals surface area contributed by atoms with Crippen LogP contribution in [0, 0.1) is 5.92 Å². The van der Waals surface area contributed by atoms with Crippen LogP contribution in [-0.4, -0.2) is 22.3 Å². The van der Waals surface area contributed by atoms with Crippen LogP contribution in [0.15, 0.2) is 16.5 Å². The number of thiophene rings is 1. The Bertz CT molecular complexity index is 508. The van der Waals surface area contributed by atoms with Gasteiger partial charge in [0.1, 0.15) is 9.86 Å². The Balaban J connectivity index is 2.26. The number of aromatic nitrogens is 2. The number of rotatable bonds is 6. The lowest BCUT2D eigenvalue weighted by atomic mass is 10.3. The molecule has 0 saturated heterocycles. The molecule has 2 aromatic rings. The van der Waals surface area contributed by atoms with Gasteiger partial charge in [-0.1, -0.05) is 20.8 Å². The van der Waals surface area contributed by atoms with Crippen molar-refractivity contribution in [3.8, 4) is 0 Å². The second-order valence-electron chi connectivity index (χ2n) is 4.62. The van der Waals surface area contributed by atoms with Crippen molar-refractivity contribution >= 4 is 39.3 Å². The summed E-state index contributed by atoms with van der Waals surface area (Å²) in [5.41, 5.74) is 0. The van der Waals surface area contributed by atoms with Crippen molar-refractivity contribution in [2.24, 2.45) is 5.92 Å². The van der Waals surface area contributed by atoms with Crippen LogP contribution in [0.1, 0.15) is 27.2 Å².